The summed E-state index contributed by atoms with van der Waals surface area (Å²) in [5.41, 5.74) is 0.163. The van der Waals surface area contributed by atoms with E-state index >= 15 is 0 Å². The Morgan fingerprint density at radius 1 is 0.960 bits per heavy atom. The van der Waals surface area contributed by atoms with Gasteiger partial charge in [0.2, 0.25) is 0 Å². The molecule has 1 atom stereocenters. The molecule has 1 amide bonds. The number of benzene rings is 2. The quantitative estimate of drug-likeness (QED) is 0.772. The second kappa shape index (κ2) is 4.57. The number of aromatic hydroxyl groups is 2. The minimum atomic E-state index is -1.12. The molecule has 0 aliphatic carbocycles. The van der Waals surface area contributed by atoms with Gasteiger partial charge in [0.05, 0.1) is 0 Å². The SMILES string of the molecule is O=C1OC2(c3ccc(O)cc3Oc3cc(O)ccc32)C2C=CC=CN12. The number of phenols is 2. The van der Waals surface area contributed by atoms with Crippen LogP contribution in [0.15, 0.2) is 60.8 Å². The summed E-state index contributed by atoms with van der Waals surface area (Å²) in [5, 5.41) is 19.7. The van der Waals surface area contributed by atoms with Gasteiger partial charge in [-0.25, -0.2) is 4.79 Å². The van der Waals surface area contributed by atoms with Crippen molar-refractivity contribution in [1.82, 2.24) is 4.90 Å². The molecule has 124 valence electrons. The van der Waals surface area contributed by atoms with Crippen LogP contribution in [0.4, 0.5) is 4.79 Å². The lowest BCUT2D eigenvalue weighted by atomic mass is 9.77. The highest BCUT2D eigenvalue weighted by Gasteiger charge is 2.59. The van der Waals surface area contributed by atoms with Crippen LogP contribution >= 0.6 is 0 Å². The van der Waals surface area contributed by atoms with Crippen LogP contribution in [0.1, 0.15) is 11.1 Å². The minimum absolute atomic E-state index is 0.0396. The first-order valence-electron chi connectivity index (χ1n) is 7.81. The molecule has 0 radical (unpaired) electrons. The Balaban J connectivity index is 1.84. The summed E-state index contributed by atoms with van der Waals surface area (Å²) >= 11 is 0. The highest BCUT2D eigenvalue weighted by atomic mass is 16.6. The Labute approximate surface area is 142 Å². The van der Waals surface area contributed by atoms with Crippen LogP contribution in [0.5, 0.6) is 23.0 Å². The number of fused-ring (bicyclic) bond motifs is 6. The summed E-state index contributed by atoms with van der Waals surface area (Å²) in [6.07, 6.45) is 6.73. The maximum Gasteiger partial charge on any atom is 0.415 e. The van der Waals surface area contributed by atoms with Crippen molar-refractivity contribution in [2.75, 3.05) is 0 Å². The molecule has 1 fully saturated rings. The fraction of sp³-hybridized carbons (Fsp3) is 0.105. The molecular weight excluding hydrogens is 322 g/mol. The third kappa shape index (κ3) is 1.71. The number of carbonyl (C=O) groups excluding carboxylic acids is 1. The maximum atomic E-state index is 12.5. The van der Waals surface area contributed by atoms with Crippen molar-refractivity contribution in [2.45, 2.75) is 11.6 Å². The number of carbonyl (C=O) groups is 1. The lowest BCUT2D eigenvalue weighted by Gasteiger charge is -2.39. The van der Waals surface area contributed by atoms with E-state index in [9.17, 15) is 15.0 Å². The van der Waals surface area contributed by atoms with Gasteiger partial charge in [-0.05, 0) is 30.3 Å². The van der Waals surface area contributed by atoms with Gasteiger partial charge in [0, 0.05) is 29.5 Å². The molecule has 6 heteroatoms. The van der Waals surface area contributed by atoms with Crippen molar-refractivity contribution in [1.29, 1.82) is 0 Å². The summed E-state index contributed by atoms with van der Waals surface area (Å²) in [5.74, 6) is 0.849. The van der Waals surface area contributed by atoms with Crippen LogP contribution in [0, 0.1) is 0 Å². The van der Waals surface area contributed by atoms with Gasteiger partial charge in [-0.3, -0.25) is 4.90 Å². The average molecular weight is 335 g/mol. The van der Waals surface area contributed by atoms with Crippen LogP contribution in [0.2, 0.25) is 0 Å². The molecule has 2 N–H and O–H groups in total. The predicted molar refractivity (Wildman–Crippen MR) is 87.5 cm³/mol. The Bertz CT molecular complexity index is 926. The summed E-state index contributed by atoms with van der Waals surface area (Å²) in [6, 6.07) is 9.02. The maximum absolute atomic E-state index is 12.5. The Hall–Kier alpha value is -3.41. The molecule has 1 saturated heterocycles. The molecule has 0 saturated carbocycles. The molecular formula is C19H13NO5. The monoisotopic (exact) mass is 335 g/mol. The highest BCUT2D eigenvalue weighted by molar-refractivity contribution is 5.78. The number of amides is 1. The summed E-state index contributed by atoms with van der Waals surface area (Å²) in [7, 11) is 0. The van der Waals surface area contributed by atoms with Crippen molar-refractivity contribution < 1.29 is 24.5 Å². The molecule has 3 aliphatic rings. The van der Waals surface area contributed by atoms with E-state index in [4.69, 9.17) is 9.47 Å². The van der Waals surface area contributed by atoms with Crippen molar-refractivity contribution in [3.05, 3.63) is 72.0 Å². The molecule has 6 nitrogen and oxygen atoms in total. The second-order valence-electron chi connectivity index (χ2n) is 6.15. The van der Waals surface area contributed by atoms with E-state index in [0.717, 1.165) is 0 Å². The van der Waals surface area contributed by atoms with Gasteiger partial charge in [-0.1, -0.05) is 12.2 Å². The van der Waals surface area contributed by atoms with Crippen LogP contribution in [0.3, 0.4) is 0 Å². The minimum Gasteiger partial charge on any atom is -0.508 e. The zero-order valence-electron chi connectivity index (χ0n) is 12.9. The van der Waals surface area contributed by atoms with E-state index < -0.39 is 17.7 Å². The average Bonchev–Trinajstić information content (AvgIpc) is 2.88. The van der Waals surface area contributed by atoms with Gasteiger partial charge >= 0.3 is 6.09 Å². The number of ether oxygens (including phenoxy) is 2. The Morgan fingerprint density at radius 3 is 2.24 bits per heavy atom. The molecule has 3 aliphatic heterocycles. The van der Waals surface area contributed by atoms with Gasteiger partial charge in [0.1, 0.15) is 29.0 Å². The summed E-state index contributed by atoms with van der Waals surface area (Å²) in [6.45, 7) is 0. The van der Waals surface area contributed by atoms with Gasteiger partial charge in [-0.2, -0.15) is 0 Å². The molecule has 0 aromatic heterocycles. The first-order valence-corrected chi connectivity index (χ1v) is 7.81. The van der Waals surface area contributed by atoms with E-state index in [1.54, 1.807) is 24.4 Å². The summed E-state index contributed by atoms with van der Waals surface area (Å²) < 4.78 is 11.8. The number of allylic oxidation sites excluding steroid dienone is 2. The third-order valence-corrected chi connectivity index (χ3v) is 4.78. The standard InChI is InChI=1S/C19H13NO5/c21-11-4-6-13-15(9-11)24-16-10-12(22)5-7-14(16)19(13)17-3-1-2-8-20(17)18(23)25-19/h1-10,17,21-22H. The van der Waals surface area contributed by atoms with E-state index in [-0.39, 0.29) is 11.5 Å². The fourth-order valence-corrected chi connectivity index (χ4v) is 3.75. The Kier molecular flexibility index (Phi) is 2.55. The van der Waals surface area contributed by atoms with Gasteiger partial charge in [0.25, 0.3) is 0 Å². The molecule has 2 aromatic rings. The van der Waals surface area contributed by atoms with E-state index in [2.05, 4.69) is 0 Å². The zero-order valence-corrected chi connectivity index (χ0v) is 12.9. The van der Waals surface area contributed by atoms with Crippen molar-refractivity contribution in [2.24, 2.45) is 0 Å². The molecule has 5 rings (SSSR count). The normalized spacial score (nSPS) is 21.4. The van der Waals surface area contributed by atoms with E-state index in [0.29, 0.717) is 22.6 Å². The largest absolute Gasteiger partial charge is 0.508 e. The molecule has 2 aromatic carbocycles. The topological polar surface area (TPSA) is 79.2 Å². The highest BCUT2D eigenvalue weighted by Crippen LogP contribution is 2.56. The zero-order chi connectivity index (χ0) is 17.2. The predicted octanol–water partition coefficient (Wildman–Crippen LogP) is 3.35. The van der Waals surface area contributed by atoms with E-state index in [1.165, 1.54) is 29.2 Å². The fourth-order valence-electron chi connectivity index (χ4n) is 3.75. The smallest absolute Gasteiger partial charge is 0.415 e. The van der Waals surface area contributed by atoms with Crippen LogP contribution < -0.4 is 4.74 Å². The first-order chi connectivity index (χ1) is 12.1. The van der Waals surface area contributed by atoms with Crippen molar-refractivity contribution in [3.8, 4) is 23.0 Å². The lowest BCUT2D eigenvalue weighted by molar-refractivity contribution is 0.0679. The first kappa shape index (κ1) is 14.0. The number of phenolic OH excluding ortho intramolecular Hbond substituents is 2. The van der Waals surface area contributed by atoms with Crippen LogP contribution in [-0.4, -0.2) is 27.2 Å². The van der Waals surface area contributed by atoms with Crippen LogP contribution in [-0.2, 0) is 10.3 Å². The van der Waals surface area contributed by atoms with Gasteiger partial charge in [0.15, 0.2) is 5.60 Å². The molecule has 0 bridgehead atoms. The van der Waals surface area contributed by atoms with Crippen molar-refractivity contribution >= 4 is 6.09 Å². The van der Waals surface area contributed by atoms with Gasteiger partial charge in [-0.15, -0.1) is 0 Å². The van der Waals surface area contributed by atoms with Crippen LogP contribution in [0.25, 0.3) is 0 Å². The van der Waals surface area contributed by atoms with Gasteiger partial charge < -0.3 is 19.7 Å². The van der Waals surface area contributed by atoms with E-state index in [1.807, 2.05) is 12.2 Å². The number of rotatable bonds is 0. The second-order valence-corrected chi connectivity index (χ2v) is 6.15. The summed E-state index contributed by atoms with van der Waals surface area (Å²) in [4.78, 5) is 14.0. The van der Waals surface area contributed by atoms with Crippen molar-refractivity contribution in [3.63, 3.8) is 0 Å². The molecule has 3 heterocycles. The number of nitrogens with zero attached hydrogens (tertiary/aromatic N) is 1. The third-order valence-electron chi connectivity index (χ3n) is 4.78. The Morgan fingerprint density at radius 2 is 1.60 bits per heavy atom. The molecule has 1 unspecified atom stereocenters. The lowest BCUT2D eigenvalue weighted by Crippen LogP contribution is -2.43. The number of hydrogen-bond acceptors (Lipinski definition) is 5. The number of hydrogen-bond donors (Lipinski definition) is 2. The molecule has 1 spiro atoms. The molecule has 25 heavy (non-hydrogen) atoms.